The Morgan fingerprint density at radius 1 is 0.667 bits per heavy atom. The van der Waals surface area contributed by atoms with Gasteiger partial charge in [0.15, 0.2) is 5.82 Å². The highest BCUT2D eigenvalue weighted by Crippen LogP contribution is 2.55. The van der Waals surface area contributed by atoms with E-state index >= 15 is 0 Å². The average molecular weight is 507 g/mol. The molecule has 2 aromatic heterocycles. The lowest BCUT2D eigenvalue weighted by Gasteiger charge is -2.43. The zero-order valence-electron chi connectivity index (χ0n) is 21.5. The second kappa shape index (κ2) is 9.49. The van der Waals surface area contributed by atoms with Gasteiger partial charge in [-0.05, 0) is 61.4 Å². The number of ether oxygens (including phenoxy) is 1. The summed E-state index contributed by atoms with van der Waals surface area (Å²) < 4.78 is 6.43. The van der Waals surface area contributed by atoms with Crippen LogP contribution < -0.4 is 4.74 Å². The van der Waals surface area contributed by atoms with E-state index in [0.29, 0.717) is 11.4 Å². The van der Waals surface area contributed by atoms with E-state index in [1.807, 2.05) is 66.7 Å². The van der Waals surface area contributed by atoms with Crippen LogP contribution in [-0.2, 0) is 5.41 Å². The molecule has 39 heavy (non-hydrogen) atoms. The molecule has 2 aliphatic rings. The number of hydrogen-bond donors (Lipinski definition) is 0. The van der Waals surface area contributed by atoms with Crippen LogP contribution in [0.1, 0.15) is 48.8 Å². The second-order valence-electron chi connectivity index (χ2n) is 10.3. The van der Waals surface area contributed by atoms with Crippen molar-refractivity contribution in [1.29, 1.82) is 5.26 Å². The van der Waals surface area contributed by atoms with E-state index in [1.165, 1.54) is 30.4 Å². The van der Waals surface area contributed by atoms with Crippen LogP contribution in [0.15, 0.2) is 97.2 Å². The minimum atomic E-state index is -0.135. The Balaban J connectivity index is 1.40. The molecule has 0 unspecified atom stereocenters. The third-order valence-electron chi connectivity index (χ3n) is 8.03. The lowest BCUT2D eigenvalue weighted by atomic mass is 9.63. The summed E-state index contributed by atoms with van der Waals surface area (Å²) in [5.74, 6) is 2.34. The van der Waals surface area contributed by atoms with Crippen molar-refractivity contribution in [2.24, 2.45) is 0 Å². The highest BCUT2D eigenvalue weighted by atomic mass is 16.5. The Labute approximate surface area is 227 Å². The predicted octanol–water partition coefficient (Wildman–Crippen LogP) is 8.10. The molecule has 1 spiro atoms. The lowest BCUT2D eigenvalue weighted by molar-refractivity contribution is 0.306. The largest absolute Gasteiger partial charge is 0.457 e. The Kier molecular flexibility index (Phi) is 5.67. The molecule has 1 saturated carbocycles. The van der Waals surface area contributed by atoms with Crippen LogP contribution in [0.5, 0.6) is 11.5 Å². The van der Waals surface area contributed by atoms with Crippen molar-refractivity contribution in [3.05, 3.63) is 114 Å². The molecule has 3 heterocycles. The maximum absolute atomic E-state index is 9.49. The molecule has 7 rings (SSSR count). The molecule has 0 bridgehead atoms. The number of nitriles is 1. The molecule has 1 aliphatic carbocycles. The maximum atomic E-state index is 9.49. The van der Waals surface area contributed by atoms with Gasteiger partial charge < -0.3 is 4.74 Å². The fourth-order valence-electron chi connectivity index (χ4n) is 6.14. The summed E-state index contributed by atoms with van der Waals surface area (Å²) in [7, 11) is 0. The van der Waals surface area contributed by atoms with Gasteiger partial charge in [-0.25, -0.2) is 9.97 Å². The number of nitrogens with zero attached hydrogens (tertiary/aromatic N) is 4. The van der Waals surface area contributed by atoms with E-state index in [9.17, 15) is 5.26 Å². The average Bonchev–Trinajstić information content (AvgIpc) is 3.02. The molecule has 1 aliphatic heterocycles. The van der Waals surface area contributed by atoms with E-state index in [1.54, 1.807) is 6.20 Å². The summed E-state index contributed by atoms with van der Waals surface area (Å²) in [4.78, 5) is 14.5. The van der Waals surface area contributed by atoms with Gasteiger partial charge in [0, 0.05) is 33.9 Å². The second-order valence-corrected chi connectivity index (χ2v) is 10.3. The summed E-state index contributed by atoms with van der Waals surface area (Å²) >= 11 is 0. The molecule has 0 amide bonds. The van der Waals surface area contributed by atoms with Gasteiger partial charge in [-0.1, -0.05) is 61.7 Å². The molecule has 0 radical (unpaired) electrons. The van der Waals surface area contributed by atoms with E-state index in [2.05, 4.69) is 35.3 Å². The molecule has 188 valence electrons. The van der Waals surface area contributed by atoms with Crippen molar-refractivity contribution in [3.8, 4) is 51.6 Å². The number of aromatic nitrogens is 3. The fraction of sp³-hybridized carbons (Fsp3) is 0.176. The van der Waals surface area contributed by atoms with Gasteiger partial charge in [0.2, 0.25) is 0 Å². The molecule has 3 aromatic carbocycles. The Morgan fingerprint density at radius 2 is 1.49 bits per heavy atom. The monoisotopic (exact) mass is 506 g/mol. The van der Waals surface area contributed by atoms with Gasteiger partial charge in [-0.2, -0.15) is 5.26 Å². The highest BCUT2D eigenvalue weighted by molar-refractivity contribution is 5.73. The van der Waals surface area contributed by atoms with Crippen LogP contribution in [0.3, 0.4) is 0 Å². The SMILES string of the molecule is N#Cc1ccc2c(c1)Oc1ccc(-c3cc(-c4ccccn4)nc(-c4ccccc4)n3)cc1C21CCCCC1. The summed E-state index contributed by atoms with van der Waals surface area (Å²) in [6, 6.07) is 32.5. The van der Waals surface area contributed by atoms with Gasteiger partial charge >= 0.3 is 0 Å². The van der Waals surface area contributed by atoms with Crippen LogP contribution in [0.2, 0.25) is 0 Å². The highest BCUT2D eigenvalue weighted by Gasteiger charge is 2.43. The van der Waals surface area contributed by atoms with Crippen molar-refractivity contribution in [1.82, 2.24) is 15.0 Å². The first-order valence-corrected chi connectivity index (χ1v) is 13.5. The Morgan fingerprint density at radius 3 is 2.28 bits per heavy atom. The van der Waals surface area contributed by atoms with Gasteiger partial charge in [-0.15, -0.1) is 0 Å². The summed E-state index contributed by atoms with van der Waals surface area (Å²) in [6.45, 7) is 0. The number of benzene rings is 3. The van der Waals surface area contributed by atoms with Gasteiger partial charge in [0.1, 0.15) is 11.5 Å². The van der Waals surface area contributed by atoms with E-state index in [4.69, 9.17) is 14.7 Å². The fourth-order valence-corrected chi connectivity index (χ4v) is 6.14. The Hall–Kier alpha value is -4.82. The molecule has 5 aromatic rings. The Bertz CT molecular complexity index is 1660. The van der Waals surface area contributed by atoms with Crippen molar-refractivity contribution in [3.63, 3.8) is 0 Å². The zero-order valence-corrected chi connectivity index (χ0v) is 21.5. The first-order chi connectivity index (χ1) is 19.2. The smallest absolute Gasteiger partial charge is 0.160 e. The van der Waals surface area contributed by atoms with Crippen molar-refractivity contribution in [2.75, 3.05) is 0 Å². The molecule has 5 nitrogen and oxygen atoms in total. The summed E-state index contributed by atoms with van der Waals surface area (Å²) in [5.41, 5.74) is 7.31. The minimum Gasteiger partial charge on any atom is -0.457 e. The first kappa shape index (κ1) is 23.3. The quantitative estimate of drug-likeness (QED) is 0.247. The van der Waals surface area contributed by atoms with Gasteiger partial charge in [0.25, 0.3) is 0 Å². The number of hydrogen-bond acceptors (Lipinski definition) is 5. The van der Waals surface area contributed by atoms with Crippen molar-refractivity contribution >= 4 is 0 Å². The standard InChI is InChI=1S/C34H26N4O/c35-22-23-12-14-26-32(19-23)39-31-15-13-25(20-27(31)34(26)16-6-2-7-17-34)29-21-30(28-11-5-8-18-36-28)38-33(37-29)24-9-3-1-4-10-24/h1,3-5,8-15,18-21H,2,6-7,16-17H2. The molecule has 0 N–H and O–H groups in total. The van der Waals surface area contributed by atoms with Crippen LogP contribution >= 0.6 is 0 Å². The molecule has 5 heteroatoms. The van der Waals surface area contributed by atoms with Crippen LogP contribution in [0.25, 0.3) is 34.0 Å². The van der Waals surface area contributed by atoms with Gasteiger partial charge in [-0.3, -0.25) is 4.98 Å². The van der Waals surface area contributed by atoms with E-state index < -0.39 is 0 Å². The molecular formula is C34H26N4O. The maximum Gasteiger partial charge on any atom is 0.160 e. The van der Waals surface area contributed by atoms with E-state index in [0.717, 1.165) is 52.5 Å². The molecule has 0 saturated heterocycles. The topological polar surface area (TPSA) is 71.7 Å². The van der Waals surface area contributed by atoms with Crippen LogP contribution in [0.4, 0.5) is 0 Å². The lowest BCUT2D eigenvalue weighted by Crippen LogP contribution is -2.33. The zero-order chi connectivity index (χ0) is 26.2. The molecule has 1 fully saturated rings. The van der Waals surface area contributed by atoms with Crippen LogP contribution in [-0.4, -0.2) is 15.0 Å². The number of fused-ring (bicyclic) bond motifs is 4. The third kappa shape index (κ3) is 4.06. The van der Waals surface area contributed by atoms with Crippen LogP contribution in [0, 0.1) is 11.3 Å². The third-order valence-corrected chi connectivity index (χ3v) is 8.03. The summed E-state index contributed by atoms with van der Waals surface area (Å²) in [6.07, 6.45) is 7.48. The first-order valence-electron chi connectivity index (χ1n) is 13.5. The van der Waals surface area contributed by atoms with Crippen molar-refractivity contribution < 1.29 is 4.74 Å². The number of pyridine rings is 1. The molecule has 0 atom stereocenters. The minimum absolute atomic E-state index is 0.135. The predicted molar refractivity (Wildman–Crippen MR) is 151 cm³/mol. The molecular weight excluding hydrogens is 480 g/mol. The van der Waals surface area contributed by atoms with E-state index in [-0.39, 0.29) is 5.41 Å². The normalized spacial score (nSPS) is 15.1. The number of rotatable bonds is 3. The summed E-state index contributed by atoms with van der Waals surface area (Å²) in [5, 5.41) is 9.49. The van der Waals surface area contributed by atoms with Crippen molar-refractivity contribution in [2.45, 2.75) is 37.5 Å². The van der Waals surface area contributed by atoms with Gasteiger partial charge in [0.05, 0.1) is 28.7 Å².